The van der Waals surface area contributed by atoms with Crippen LogP contribution in [0, 0.1) is 5.92 Å². The minimum absolute atomic E-state index is 0.0296. The number of fused-ring (bicyclic) bond motifs is 1. The quantitative estimate of drug-likeness (QED) is 0.420. The minimum Gasteiger partial charge on any atom is -0.497 e. The highest BCUT2D eigenvalue weighted by molar-refractivity contribution is 7.89. The molecular weight excluding hydrogens is 530 g/mol. The van der Waals surface area contributed by atoms with Crippen LogP contribution in [0.15, 0.2) is 71.8 Å². The van der Waals surface area contributed by atoms with E-state index in [4.69, 9.17) is 9.47 Å². The molecule has 0 saturated carbocycles. The first-order valence-electron chi connectivity index (χ1n) is 13.1. The van der Waals surface area contributed by atoms with Crippen molar-refractivity contribution < 1.29 is 27.8 Å². The Labute approximate surface area is 235 Å². The molecule has 0 saturated heterocycles. The first kappa shape index (κ1) is 29.3. The molecule has 2 aromatic carbocycles. The van der Waals surface area contributed by atoms with Gasteiger partial charge < -0.3 is 19.5 Å². The van der Waals surface area contributed by atoms with Crippen molar-refractivity contribution in [2.45, 2.75) is 30.9 Å². The lowest BCUT2D eigenvalue weighted by molar-refractivity contribution is 0.0373. The molecule has 1 aliphatic heterocycles. The highest BCUT2D eigenvalue weighted by atomic mass is 32.2. The van der Waals surface area contributed by atoms with Crippen LogP contribution in [0.5, 0.6) is 11.6 Å². The number of aliphatic hydroxyl groups is 1. The van der Waals surface area contributed by atoms with Crippen molar-refractivity contribution >= 4 is 28.1 Å². The molecule has 1 amide bonds. The van der Waals surface area contributed by atoms with Gasteiger partial charge in [-0.1, -0.05) is 49.4 Å². The van der Waals surface area contributed by atoms with E-state index in [1.807, 2.05) is 49.4 Å². The molecule has 2 heterocycles. The number of ether oxygens (including phenoxy) is 2. The molecule has 40 heavy (non-hydrogen) atoms. The number of pyridine rings is 1. The summed E-state index contributed by atoms with van der Waals surface area (Å²) < 4.78 is 39.3. The number of sulfonamides is 1. The molecule has 0 aliphatic carbocycles. The Balaban J connectivity index is 1.65. The van der Waals surface area contributed by atoms with Gasteiger partial charge in [0.05, 0.1) is 31.2 Å². The van der Waals surface area contributed by atoms with Crippen LogP contribution in [0.1, 0.15) is 35.3 Å². The van der Waals surface area contributed by atoms with Gasteiger partial charge in [0.25, 0.3) is 5.91 Å². The van der Waals surface area contributed by atoms with E-state index in [0.717, 1.165) is 5.56 Å². The second-order valence-corrected chi connectivity index (χ2v) is 12.0. The Hall–Kier alpha value is -3.73. The van der Waals surface area contributed by atoms with Crippen molar-refractivity contribution in [3.63, 3.8) is 0 Å². The molecule has 3 aromatic rings. The number of methoxy groups -OCH3 is 1. The van der Waals surface area contributed by atoms with E-state index in [1.54, 1.807) is 36.2 Å². The van der Waals surface area contributed by atoms with E-state index < -0.39 is 22.2 Å². The van der Waals surface area contributed by atoms with Gasteiger partial charge in [-0.15, -0.1) is 0 Å². The molecular formula is C30H35N3O6S. The summed E-state index contributed by atoms with van der Waals surface area (Å²) in [5, 5.41) is 9.90. The number of nitrogens with zero attached hydrogens (tertiary/aromatic N) is 3. The van der Waals surface area contributed by atoms with E-state index in [-0.39, 0.29) is 47.9 Å². The average molecular weight is 566 g/mol. The number of hydrogen-bond donors (Lipinski definition) is 1. The highest BCUT2D eigenvalue weighted by Gasteiger charge is 2.35. The number of rotatable bonds is 9. The number of aliphatic hydroxyl groups excluding tert-OH is 1. The number of carbonyl (C=O) groups excluding carboxylic acids is 1. The summed E-state index contributed by atoms with van der Waals surface area (Å²) in [6.45, 7) is 3.75. The Bertz CT molecular complexity index is 1440. The van der Waals surface area contributed by atoms with E-state index in [0.29, 0.717) is 11.3 Å². The average Bonchev–Trinajstić information content (AvgIpc) is 2.98. The maximum absolute atomic E-state index is 13.6. The zero-order valence-corrected chi connectivity index (χ0v) is 23.9. The second-order valence-electron chi connectivity index (χ2n) is 9.95. The summed E-state index contributed by atoms with van der Waals surface area (Å²) >= 11 is 0. The largest absolute Gasteiger partial charge is 0.497 e. The van der Waals surface area contributed by atoms with E-state index in [2.05, 4.69) is 4.98 Å². The molecule has 4 rings (SSSR count). The molecule has 9 nitrogen and oxygen atoms in total. The van der Waals surface area contributed by atoms with E-state index in [9.17, 15) is 18.3 Å². The minimum atomic E-state index is -3.82. The summed E-state index contributed by atoms with van der Waals surface area (Å²) in [6, 6.07) is 17.2. The Morgan fingerprint density at radius 3 is 2.48 bits per heavy atom. The molecule has 3 atom stereocenters. The normalized spacial score (nSPS) is 18.6. The molecule has 1 N–H and O–H groups in total. The monoisotopic (exact) mass is 565 g/mol. The summed E-state index contributed by atoms with van der Waals surface area (Å²) in [7, 11) is -0.807. The molecule has 0 fully saturated rings. The Kier molecular flexibility index (Phi) is 9.24. The zero-order valence-electron chi connectivity index (χ0n) is 23.1. The molecule has 1 aliphatic rings. The van der Waals surface area contributed by atoms with Gasteiger partial charge in [0.15, 0.2) is 0 Å². The fourth-order valence-electron chi connectivity index (χ4n) is 4.46. The molecule has 10 heteroatoms. The van der Waals surface area contributed by atoms with Gasteiger partial charge in [0.2, 0.25) is 15.9 Å². The summed E-state index contributed by atoms with van der Waals surface area (Å²) in [5.41, 5.74) is 1.97. The van der Waals surface area contributed by atoms with Crippen LogP contribution in [-0.2, 0) is 10.0 Å². The van der Waals surface area contributed by atoms with E-state index in [1.165, 1.54) is 30.6 Å². The van der Waals surface area contributed by atoms with Crippen LogP contribution < -0.4 is 9.47 Å². The van der Waals surface area contributed by atoms with Crippen molar-refractivity contribution in [1.82, 2.24) is 14.2 Å². The maximum atomic E-state index is 13.6. The number of hydrogen-bond acceptors (Lipinski definition) is 7. The van der Waals surface area contributed by atoms with Gasteiger partial charge in [-0.05, 0) is 48.4 Å². The SMILES string of the molecule is COc1ccc(S(=O)(=O)N(C)C[C@@H]2Oc3ncc(/C=C/c4ccccc4)cc3C(=O)N([C@@H](C)CO)C[C@@H]2C)cc1. The topological polar surface area (TPSA) is 109 Å². The maximum Gasteiger partial charge on any atom is 0.259 e. The van der Waals surface area contributed by atoms with Crippen molar-refractivity contribution in [2.24, 2.45) is 5.92 Å². The molecule has 0 spiro atoms. The van der Waals surface area contributed by atoms with Gasteiger partial charge in [0.1, 0.15) is 17.4 Å². The summed E-state index contributed by atoms with van der Waals surface area (Å²) in [6.07, 6.45) is 4.79. The lowest BCUT2D eigenvalue weighted by Crippen LogP contribution is -2.50. The van der Waals surface area contributed by atoms with Gasteiger partial charge in [-0.3, -0.25) is 4.79 Å². The number of likely N-dealkylation sites (N-methyl/N-ethyl adjacent to an activating group) is 1. The summed E-state index contributed by atoms with van der Waals surface area (Å²) in [4.78, 5) is 19.8. The lowest BCUT2D eigenvalue weighted by atomic mass is 10.00. The third-order valence-electron chi connectivity index (χ3n) is 7.01. The fourth-order valence-corrected chi connectivity index (χ4v) is 5.65. The number of amides is 1. The van der Waals surface area contributed by atoms with Crippen LogP contribution in [-0.4, -0.2) is 79.6 Å². The Morgan fingerprint density at radius 2 is 1.82 bits per heavy atom. The van der Waals surface area contributed by atoms with Crippen molar-refractivity contribution in [3.05, 3.63) is 83.6 Å². The predicted molar refractivity (Wildman–Crippen MR) is 154 cm³/mol. The van der Waals surface area contributed by atoms with E-state index >= 15 is 0 Å². The van der Waals surface area contributed by atoms with Gasteiger partial charge in [-0.25, -0.2) is 13.4 Å². The van der Waals surface area contributed by atoms with Crippen LogP contribution in [0.3, 0.4) is 0 Å². The Morgan fingerprint density at radius 1 is 1.15 bits per heavy atom. The molecule has 0 bridgehead atoms. The van der Waals surface area contributed by atoms with Gasteiger partial charge in [-0.2, -0.15) is 4.31 Å². The third-order valence-corrected chi connectivity index (χ3v) is 8.85. The zero-order chi connectivity index (χ0) is 28.9. The highest BCUT2D eigenvalue weighted by Crippen LogP contribution is 2.29. The fraction of sp³-hybridized carbons (Fsp3) is 0.333. The lowest BCUT2D eigenvalue weighted by Gasteiger charge is -2.37. The van der Waals surface area contributed by atoms with Crippen molar-refractivity contribution in [2.75, 3.05) is 33.9 Å². The van der Waals surface area contributed by atoms with Crippen molar-refractivity contribution in [3.8, 4) is 11.6 Å². The van der Waals surface area contributed by atoms with Crippen LogP contribution in [0.2, 0.25) is 0 Å². The standard InChI is InChI=1S/C30H35N3O6S/c1-21-18-33(22(2)20-34)30(35)27-16-24(11-10-23-8-6-5-7-9-23)17-31-29(27)39-28(21)19-32(3)40(36,37)26-14-12-25(38-4)13-15-26/h5-17,21-22,28,34H,18-20H2,1-4H3/b11-10+/t21-,22-,28-/m0/s1. The predicted octanol–water partition coefficient (Wildman–Crippen LogP) is 3.80. The first-order valence-corrected chi connectivity index (χ1v) is 14.5. The van der Waals surface area contributed by atoms with Crippen LogP contribution >= 0.6 is 0 Å². The number of carbonyl (C=O) groups is 1. The summed E-state index contributed by atoms with van der Waals surface area (Å²) in [5.74, 6) is 0.119. The van der Waals surface area contributed by atoms with Crippen LogP contribution in [0.4, 0.5) is 0 Å². The number of aromatic nitrogens is 1. The molecule has 0 radical (unpaired) electrons. The second kappa shape index (κ2) is 12.6. The molecule has 1 aromatic heterocycles. The van der Waals surface area contributed by atoms with Gasteiger partial charge in [0, 0.05) is 25.7 Å². The van der Waals surface area contributed by atoms with Crippen molar-refractivity contribution in [1.29, 1.82) is 0 Å². The molecule has 0 unspecified atom stereocenters. The smallest absolute Gasteiger partial charge is 0.259 e. The number of benzene rings is 2. The molecule has 212 valence electrons. The van der Waals surface area contributed by atoms with Crippen LogP contribution in [0.25, 0.3) is 12.2 Å². The third kappa shape index (κ3) is 6.52. The first-order chi connectivity index (χ1) is 19.1. The van der Waals surface area contributed by atoms with Gasteiger partial charge >= 0.3 is 0 Å².